The average molecular weight is 349 g/mol. The number of carbonyl (C=O) groups excluding carboxylic acids is 1. The average Bonchev–Trinajstić information content (AvgIpc) is 3.04. The molecule has 24 heavy (non-hydrogen) atoms. The Kier molecular flexibility index (Phi) is 6.37. The summed E-state index contributed by atoms with van der Waals surface area (Å²) < 4.78 is 0. The smallest absolute Gasteiger partial charge is 0.317 e. The second-order valence-corrected chi connectivity index (χ2v) is 8.23. The van der Waals surface area contributed by atoms with Gasteiger partial charge in [-0.05, 0) is 42.7 Å². The number of rotatable bonds is 5. The molecule has 3 rings (SSSR count). The summed E-state index contributed by atoms with van der Waals surface area (Å²) in [6, 6.07) is 4.62. The Morgan fingerprint density at radius 2 is 2.00 bits per heavy atom. The molecule has 5 nitrogen and oxygen atoms in total. The van der Waals surface area contributed by atoms with Gasteiger partial charge in [-0.1, -0.05) is 6.92 Å². The Morgan fingerprint density at radius 1 is 1.25 bits per heavy atom. The zero-order valence-corrected chi connectivity index (χ0v) is 15.3. The van der Waals surface area contributed by atoms with E-state index in [0.717, 1.165) is 50.8 Å². The fourth-order valence-electron chi connectivity index (χ4n) is 3.58. The number of nitrogens with zero attached hydrogens (tertiary/aromatic N) is 3. The first kappa shape index (κ1) is 17.5. The van der Waals surface area contributed by atoms with Crippen LogP contribution in [0.2, 0.25) is 0 Å². The van der Waals surface area contributed by atoms with E-state index >= 15 is 0 Å². The first-order valence-corrected chi connectivity index (χ1v) is 10.1. The van der Waals surface area contributed by atoms with Gasteiger partial charge >= 0.3 is 6.03 Å². The van der Waals surface area contributed by atoms with E-state index < -0.39 is 0 Å². The summed E-state index contributed by atoms with van der Waals surface area (Å²) in [6.45, 7) is 6.66. The van der Waals surface area contributed by atoms with Crippen molar-refractivity contribution in [3.05, 3.63) is 30.1 Å². The molecule has 132 valence electrons. The first-order chi connectivity index (χ1) is 11.7. The van der Waals surface area contributed by atoms with Crippen LogP contribution in [-0.2, 0) is 6.54 Å². The molecule has 0 spiro atoms. The highest BCUT2D eigenvalue weighted by Gasteiger charge is 2.28. The van der Waals surface area contributed by atoms with Crippen LogP contribution in [0, 0.1) is 0 Å². The van der Waals surface area contributed by atoms with Crippen LogP contribution in [0.5, 0.6) is 0 Å². The van der Waals surface area contributed by atoms with E-state index in [1.165, 1.54) is 17.7 Å². The molecule has 1 N–H and O–H groups in total. The van der Waals surface area contributed by atoms with Crippen molar-refractivity contribution >= 4 is 17.8 Å². The van der Waals surface area contributed by atoms with E-state index in [-0.39, 0.29) is 6.03 Å². The van der Waals surface area contributed by atoms with Crippen LogP contribution in [0.25, 0.3) is 0 Å². The van der Waals surface area contributed by atoms with Crippen LogP contribution in [0.3, 0.4) is 0 Å². The number of nitrogens with one attached hydrogen (secondary N) is 1. The standard InChI is InChI=1S/C18H28N4OS/c1-2-24-17-4-3-16(13-17)20-18(23)22-11-9-21(10-12-22)14-15-5-7-19-8-6-15/h5-8,16-17H,2-4,9-14H2,1H3,(H,20,23)/t16-,17+/m0/s1. The fourth-order valence-corrected chi connectivity index (χ4v) is 4.72. The lowest BCUT2D eigenvalue weighted by molar-refractivity contribution is 0.133. The highest BCUT2D eigenvalue weighted by Crippen LogP contribution is 2.29. The molecule has 1 saturated heterocycles. The SMILES string of the molecule is CCS[C@@H]1CC[C@H](NC(=O)N2CCN(Cc3ccncc3)CC2)C1. The van der Waals surface area contributed by atoms with Gasteiger partial charge in [0.25, 0.3) is 0 Å². The molecule has 1 saturated carbocycles. The predicted molar refractivity (Wildman–Crippen MR) is 99.2 cm³/mol. The summed E-state index contributed by atoms with van der Waals surface area (Å²) in [7, 11) is 0. The van der Waals surface area contributed by atoms with Gasteiger partial charge in [-0.3, -0.25) is 9.88 Å². The summed E-state index contributed by atoms with van der Waals surface area (Å²) >= 11 is 2.03. The molecular formula is C18H28N4OS. The van der Waals surface area contributed by atoms with Crippen LogP contribution in [0.15, 0.2) is 24.5 Å². The van der Waals surface area contributed by atoms with Crippen LogP contribution in [0.1, 0.15) is 31.7 Å². The second-order valence-electron chi connectivity index (χ2n) is 6.66. The van der Waals surface area contributed by atoms with Crippen molar-refractivity contribution in [2.45, 2.75) is 44.0 Å². The molecular weight excluding hydrogens is 320 g/mol. The van der Waals surface area contributed by atoms with Gasteiger partial charge in [0.1, 0.15) is 0 Å². The second kappa shape index (κ2) is 8.72. The number of pyridine rings is 1. The largest absolute Gasteiger partial charge is 0.335 e. The fraction of sp³-hybridized carbons (Fsp3) is 0.667. The summed E-state index contributed by atoms with van der Waals surface area (Å²) in [5.74, 6) is 1.17. The molecule has 1 aromatic rings. The minimum absolute atomic E-state index is 0.130. The van der Waals surface area contributed by atoms with Gasteiger partial charge in [-0.15, -0.1) is 0 Å². The van der Waals surface area contributed by atoms with Crippen molar-refractivity contribution in [1.82, 2.24) is 20.1 Å². The summed E-state index contributed by atoms with van der Waals surface area (Å²) in [4.78, 5) is 20.9. The van der Waals surface area contributed by atoms with Crippen molar-refractivity contribution in [3.63, 3.8) is 0 Å². The van der Waals surface area contributed by atoms with Gasteiger partial charge < -0.3 is 10.2 Å². The molecule has 1 aliphatic carbocycles. The normalized spacial score (nSPS) is 25.0. The van der Waals surface area contributed by atoms with E-state index in [1.54, 1.807) is 0 Å². The third-order valence-electron chi connectivity index (χ3n) is 4.93. The Morgan fingerprint density at radius 3 is 2.71 bits per heavy atom. The van der Waals surface area contributed by atoms with Gasteiger partial charge in [0.15, 0.2) is 0 Å². The van der Waals surface area contributed by atoms with Crippen molar-refractivity contribution in [2.24, 2.45) is 0 Å². The van der Waals surface area contributed by atoms with Gasteiger partial charge in [0, 0.05) is 56.4 Å². The zero-order valence-electron chi connectivity index (χ0n) is 14.5. The van der Waals surface area contributed by atoms with Gasteiger partial charge in [0.2, 0.25) is 0 Å². The molecule has 2 aliphatic rings. The highest BCUT2D eigenvalue weighted by molar-refractivity contribution is 7.99. The van der Waals surface area contributed by atoms with Crippen molar-refractivity contribution in [3.8, 4) is 0 Å². The molecule has 0 unspecified atom stereocenters. The molecule has 2 atom stereocenters. The van der Waals surface area contributed by atoms with E-state index in [9.17, 15) is 4.79 Å². The molecule has 0 radical (unpaired) electrons. The lowest BCUT2D eigenvalue weighted by Gasteiger charge is -2.35. The maximum Gasteiger partial charge on any atom is 0.317 e. The molecule has 2 heterocycles. The van der Waals surface area contributed by atoms with Gasteiger partial charge in [0.05, 0.1) is 0 Å². The van der Waals surface area contributed by atoms with Crippen LogP contribution in [-0.4, -0.2) is 64.0 Å². The minimum atomic E-state index is 0.130. The van der Waals surface area contributed by atoms with Crippen molar-refractivity contribution in [2.75, 3.05) is 31.9 Å². The predicted octanol–water partition coefficient (Wildman–Crippen LogP) is 2.58. The molecule has 0 aromatic carbocycles. The Balaban J connectivity index is 1.39. The maximum absolute atomic E-state index is 12.5. The van der Waals surface area contributed by atoms with Gasteiger partial charge in [-0.25, -0.2) is 4.79 Å². The Hall–Kier alpha value is -1.27. The highest BCUT2D eigenvalue weighted by atomic mass is 32.2. The third kappa shape index (κ3) is 4.86. The molecule has 2 amide bonds. The number of hydrogen-bond acceptors (Lipinski definition) is 4. The zero-order chi connectivity index (χ0) is 16.8. The minimum Gasteiger partial charge on any atom is -0.335 e. The van der Waals surface area contributed by atoms with Crippen molar-refractivity contribution < 1.29 is 4.79 Å². The van der Waals surface area contributed by atoms with Crippen LogP contribution in [0.4, 0.5) is 4.79 Å². The van der Waals surface area contributed by atoms with Crippen LogP contribution >= 0.6 is 11.8 Å². The topological polar surface area (TPSA) is 48.5 Å². The summed E-state index contributed by atoms with van der Waals surface area (Å²) in [6.07, 6.45) is 7.18. The van der Waals surface area contributed by atoms with Crippen LogP contribution < -0.4 is 5.32 Å². The quantitative estimate of drug-likeness (QED) is 0.888. The number of urea groups is 1. The number of aromatic nitrogens is 1. The Bertz CT molecular complexity index is 519. The number of carbonyl (C=O) groups is 1. The molecule has 1 aromatic heterocycles. The molecule has 0 bridgehead atoms. The number of amides is 2. The molecule has 6 heteroatoms. The monoisotopic (exact) mass is 348 g/mol. The van der Waals surface area contributed by atoms with Gasteiger partial charge in [-0.2, -0.15) is 11.8 Å². The Labute approximate surface area is 149 Å². The molecule has 2 fully saturated rings. The lowest BCUT2D eigenvalue weighted by atomic mass is 10.2. The van der Waals surface area contributed by atoms with E-state index in [4.69, 9.17) is 0 Å². The molecule has 1 aliphatic heterocycles. The van der Waals surface area contributed by atoms with E-state index in [1.807, 2.05) is 29.1 Å². The van der Waals surface area contributed by atoms with E-state index in [2.05, 4.69) is 34.3 Å². The van der Waals surface area contributed by atoms with E-state index in [0.29, 0.717) is 6.04 Å². The van der Waals surface area contributed by atoms with Crippen molar-refractivity contribution in [1.29, 1.82) is 0 Å². The first-order valence-electron chi connectivity index (χ1n) is 9.03. The summed E-state index contributed by atoms with van der Waals surface area (Å²) in [5, 5.41) is 3.98. The lowest BCUT2D eigenvalue weighted by Crippen LogP contribution is -2.52. The maximum atomic E-state index is 12.5. The third-order valence-corrected chi connectivity index (χ3v) is 6.16. The number of hydrogen-bond donors (Lipinski definition) is 1. The number of thioether (sulfide) groups is 1. The summed E-state index contributed by atoms with van der Waals surface area (Å²) in [5.41, 5.74) is 1.29. The number of piperazine rings is 1.